The maximum atomic E-state index is 11.3. The molecule has 17 heavy (non-hydrogen) atoms. The van der Waals surface area contributed by atoms with Gasteiger partial charge in [-0.05, 0) is 13.8 Å². The summed E-state index contributed by atoms with van der Waals surface area (Å²) >= 11 is 0. The second-order valence-electron chi connectivity index (χ2n) is 2.91. The topological polar surface area (TPSA) is 63.2 Å². The van der Waals surface area contributed by atoms with E-state index >= 15 is 0 Å². The zero-order valence-electron chi connectivity index (χ0n) is 10.6. The Balaban J connectivity index is 4.42. The Kier molecular flexibility index (Phi) is 8.39. The number of ether oxygens (including phenoxy) is 5. The molecule has 1 unspecified atom stereocenters. The Morgan fingerprint density at radius 2 is 2.06 bits per heavy atom. The van der Waals surface area contributed by atoms with Crippen molar-refractivity contribution in [1.82, 2.24) is 0 Å². The first-order valence-corrected chi connectivity index (χ1v) is 5.37. The molecule has 0 radical (unpaired) electrons. The number of carbonyl (C=O) groups excluding carboxylic acids is 1. The van der Waals surface area contributed by atoms with Crippen LogP contribution in [-0.2, 0) is 23.7 Å². The van der Waals surface area contributed by atoms with Gasteiger partial charge in [0.1, 0.15) is 13.2 Å². The van der Waals surface area contributed by atoms with E-state index in [9.17, 15) is 4.79 Å². The molecule has 0 spiro atoms. The monoisotopic (exact) mass is 248 g/mol. The molecule has 6 nitrogen and oxygen atoms in total. The van der Waals surface area contributed by atoms with E-state index in [0.717, 1.165) is 0 Å². The average Bonchev–Trinajstić information content (AvgIpc) is 2.33. The average molecular weight is 248 g/mol. The minimum atomic E-state index is -1.57. The molecule has 0 aliphatic heterocycles. The minimum absolute atomic E-state index is 0.0307. The van der Waals surface area contributed by atoms with Crippen molar-refractivity contribution >= 4 is 6.16 Å². The summed E-state index contributed by atoms with van der Waals surface area (Å²) in [7, 11) is 1.36. The van der Waals surface area contributed by atoms with Crippen molar-refractivity contribution in [3.8, 4) is 0 Å². The van der Waals surface area contributed by atoms with Crippen LogP contribution in [0.3, 0.4) is 0 Å². The summed E-state index contributed by atoms with van der Waals surface area (Å²) in [5.74, 6) is -1.57. The van der Waals surface area contributed by atoms with Crippen molar-refractivity contribution in [2.75, 3.05) is 33.5 Å². The Bertz CT molecular complexity index is 230. The molecule has 0 aliphatic carbocycles. The normalized spacial score (nSPS) is 13.8. The first-order valence-electron chi connectivity index (χ1n) is 5.37. The van der Waals surface area contributed by atoms with E-state index < -0.39 is 12.1 Å². The van der Waals surface area contributed by atoms with Crippen molar-refractivity contribution in [3.05, 3.63) is 12.7 Å². The van der Waals surface area contributed by atoms with E-state index in [2.05, 4.69) is 11.3 Å². The van der Waals surface area contributed by atoms with Gasteiger partial charge in [0.05, 0.1) is 6.61 Å². The molecule has 0 saturated heterocycles. The van der Waals surface area contributed by atoms with Crippen molar-refractivity contribution in [2.24, 2.45) is 0 Å². The molecule has 0 aromatic carbocycles. The molecule has 0 bridgehead atoms. The molecular formula is C11H20O6. The summed E-state index contributed by atoms with van der Waals surface area (Å²) in [5.41, 5.74) is 0. The highest BCUT2D eigenvalue weighted by atomic mass is 16.9. The molecule has 0 aliphatic rings. The van der Waals surface area contributed by atoms with E-state index in [-0.39, 0.29) is 13.2 Å². The summed E-state index contributed by atoms with van der Waals surface area (Å²) < 4.78 is 25.0. The van der Waals surface area contributed by atoms with Crippen LogP contribution in [0, 0.1) is 0 Å². The number of methoxy groups -OCH3 is 1. The lowest BCUT2D eigenvalue weighted by atomic mass is 10.5. The van der Waals surface area contributed by atoms with Gasteiger partial charge in [0.15, 0.2) is 0 Å². The first-order chi connectivity index (χ1) is 8.14. The second-order valence-corrected chi connectivity index (χ2v) is 2.91. The van der Waals surface area contributed by atoms with Crippen molar-refractivity contribution in [2.45, 2.75) is 19.8 Å². The quantitative estimate of drug-likeness (QED) is 0.351. The highest BCUT2D eigenvalue weighted by molar-refractivity contribution is 5.60. The maximum Gasteiger partial charge on any atom is 0.512 e. The largest absolute Gasteiger partial charge is 0.512 e. The highest BCUT2D eigenvalue weighted by Crippen LogP contribution is 2.16. The SMILES string of the molecule is C=CCOC(=O)OC(COCC)(OC)OCC. The minimum Gasteiger partial charge on any atom is -0.430 e. The number of hydrogen-bond donors (Lipinski definition) is 0. The van der Waals surface area contributed by atoms with Gasteiger partial charge in [-0.1, -0.05) is 12.7 Å². The van der Waals surface area contributed by atoms with Crippen LogP contribution in [0.5, 0.6) is 0 Å². The molecule has 0 rings (SSSR count). The van der Waals surface area contributed by atoms with Crippen LogP contribution in [0.4, 0.5) is 4.79 Å². The first kappa shape index (κ1) is 15.9. The highest BCUT2D eigenvalue weighted by Gasteiger charge is 2.37. The van der Waals surface area contributed by atoms with Gasteiger partial charge in [-0.2, -0.15) is 0 Å². The van der Waals surface area contributed by atoms with Gasteiger partial charge in [0, 0.05) is 13.7 Å². The third-order valence-corrected chi connectivity index (χ3v) is 1.72. The summed E-state index contributed by atoms with van der Waals surface area (Å²) in [5, 5.41) is 0. The summed E-state index contributed by atoms with van der Waals surface area (Å²) in [6.45, 7) is 7.74. The van der Waals surface area contributed by atoms with Gasteiger partial charge < -0.3 is 23.7 Å². The van der Waals surface area contributed by atoms with E-state index in [1.54, 1.807) is 6.92 Å². The van der Waals surface area contributed by atoms with E-state index in [0.29, 0.717) is 13.2 Å². The lowest BCUT2D eigenvalue weighted by Gasteiger charge is -2.29. The fraction of sp³-hybridized carbons (Fsp3) is 0.727. The van der Waals surface area contributed by atoms with Crippen LogP contribution >= 0.6 is 0 Å². The predicted octanol–water partition coefficient (Wildman–Crippen LogP) is 1.70. The maximum absolute atomic E-state index is 11.3. The van der Waals surface area contributed by atoms with Gasteiger partial charge in [-0.25, -0.2) is 4.79 Å². The van der Waals surface area contributed by atoms with Crippen LogP contribution in [0.1, 0.15) is 13.8 Å². The van der Waals surface area contributed by atoms with E-state index in [1.807, 2.05) is 6.92 Å². The summed E-state index contributed by atoms with van der Waals surface area (Å²) in [4.78, 5) is 11.3. The molecule has 1 atom stereocenters. The Labute approximate surface area is 101 Å². The van der Waals surface area contributed by atoms with Crippen molar-refractivity contribution in [3.63, 3.8) is 0 Å². The summed E-state index contributed by atoms with van der Waals surface area (Å²) in [6.07, 6.45) is 0.527. The van der Waals surface area contributed by atoms with Crippen LogP contribution in [0.15, 0.2) is 12.7 Å². The van der Waals surface area contributed by atoms with Crippen molar-refractivity contribution < 1.29 is 28.5 Å². The fourth-order valence-electron chi connectivity index (χ4n) is 0.990. The van der Waals surface area contributed by atoms with Crippen LogP contribution < -0.4 is 0 Å². The lowest BCUT2D eigenvalue weighted by molar-refractivity contribution is -0.365. The fourth-order valence-corrected chi connectivity index (χ4v) is 0.990. The Morgan fingerprint density at radius 3 is 2.53 bits per heavy atom. The zero-order valence-corrected chi connectivity index (χ0v) is 10.6. The molecule has 0 fully saturated rings. The number of rotatable bonds is 9. The van der Waals surface area contributed by atoms with Crippen molar-refractivity contribution in [1.29, 1.82) is 0 Å². The van der Waals surface area contributed by atoms with Gasteiger partial charge >= 0.3 is 12.1 Å². The zero-order chi connectivity index (χ0) is 13.1. The molecule has 100 valence electrons. The summed E-state index contributed by atoms with van der Waals surface area (Å²) in [6, 6.07) is 0. The van der Waals surface area contributed by atoms with E-state index in [1.165, 1.54) is 13.2 Å². The molecule has 0 saturated carbocycles. The second kappa shape index (κ2) is 8.98. The molecule has 6 heteroatoms. The molecular weight excluding hydrogens is 228 g/mol. The molecule has 0 heterocycles. The van der Waals surface area contributed by atoms with Gasteiger partial charge in [-0.15, -0.1) is 0 Å². The Morgan fingerprint density at radius 1 is 1.35 bits per heavy atom. The molecule has 0 N–H and O–H groups in total. The molecule has 0 aromatic heterocycles. The van der Waals surface area contributed by atoms with Gasteiger partial charge in [0.2, 0.25) is 0 Å². The number of carbonyl (C=O) groups is 1. The lowest BCUT2D eigenvalue weighted by Crippen LogP contribution is -2.45. The predicted molar refractivity (Wildman–Crippen MR) is 60.5 cm³/mol. The number of hydrogen-bond acceptors (Lipinski definition) is 6. The molecule has 0 aromatic rings. The Hall–Kier alpha value is -1.11. The van der Waals surface area contributed by atoms with Crippen LogP contribution in [0.2, 0.25) is 0 Å². The third-order valence-electron chi connectivity index (χ3n) is 1.72. The molecule has 0 amide bonds. The smallest absolute Gasteiger partial charge is 0.430 e. The third kappa shape index (κ3) is 6.25. The van der Waals surface area contributed by atoms with Gasteiger partial charge in [-0.3, -0.25) is 0 Å². The van der Waals surface area contributed by atoms with E-state index in [4.69, 9.17) is 18.9 Å². The standard InChI is InChI=1S/C11H20O6/c1-5-8-15-10(12)17-11(13-4,16-7-3)9-14-6-2/h5H,1,6-9H2,2-4H3. The van der Waals surface area contributed by atoms with Crippen LogP contribution in [-0.4, -0.2) is 45.7 Å². The van der Waals surface area contributed by atoms with Gasteiger partial charge in [0.25, 0.3) is 0 Å². The van der Waals surface area contributed by atoms with Crippen LogP contribution in [0.25, 0.3) is 0 Å².